The third kappa shape index (κ3) is 5.68. The van der Waals surface area contributed by atoms with Crippen LogP contribution in [0, 0.1) is 0 Å². The molecule has 0 aliphatic heterocycles. The van der Waals surface area contributed by atoms with Gasteiger partial charge in [0.05, 0.1) is 12.2 Å². The molecule has 1 aliphatic rings. The molecule has 0 amide bonds. The standard InChI is InChI=1S/C17H30N4S2/c1-6-22-13-8-7-12(9-13)20-16(18-5)19-10-15-21-14(11-23-15)17(2,3)4/h11-13H,6-10H2,1-5H3,(H2,18,19,20). The van der Waals surface area contributed by atoms with Crippen molar-refractivity contribution < 1.29 is 0 Å². The Hall–Kier alpha value is -0.750. The molecular formula is C17H30N4S2. The van der Waals surface area contributed by atoms with E-state index in [1.165, 1.54) is 25.0 Å². The van der Waals surface area contributed by atoms with Gasteiger partial charge in [0.1, 0.15) is 5.01 Å². The minimum Gasteiger partial charge on any atom is -0.354 e. The normalized spacial score (nSPS) is 22.4. The van der Waals surface area contributed by atoms with Crippen LogP contribution < -0.4 is 10.6 Å². The van der Waals surface area contributed by atoms with Gasteiger partial charge in [0, 0.05) is 29.1 Å². The van der Waals surface area contributed by atoms with Gasteiger partial charge in [0.15, 0.2) is 5.96 Å². The number of aliphatic imine (C=N–C) groups is 1. The van der Waals surface area contributed by atoms with E-state index in [1.807, 2.05) is 7.05 Å². The van der Waals surface area contributed by atoms with Gasteiger partial charge in [-0.25, -0.2) is 4.98 Å². The van der Waals surface area contributed by atoms with Crippen LogP contribution in [0.1, 0.15) is 57.7 Å². The molecule has 0 saturated heterocycles. The number of hydrogen-bond acceptors (Lipinski definition) is 4. The van der Waals surface area contributed by atoms with E-state index in [4.69, 9.17) is 4.98 Å². The summed E-state index contributed by atoms with van der Waals surface area (Å²) in [5.74, 6) is 2.11. The van der Waals surface area contributed by atoms with E-state index in [0.29, 0.717) is 6.04 Å². The van der Waals surface area contributed by atoms with Gasteiger partial charge < -0.3 is 10.6 Å². The van der Waals surface area contributed by atoms with Crippen molar-refractivity contribution in [2.75, 3.05) is 12.8 Å². The minimum absolute atomic E-state index is 0.116. The van der Waals surface area contributed by atoms with Crippen molar-refractivity contribution in [1.29, 1.82) is 0 Å². The molecule has 1 saturated carbocycles. The molecule has 1 aromatic heterocycles. The van der Waals surface area contributed by atoms with E-state index < -0.39 is 0 Å². The Morgan fingerprint density at radius 1 is 1.43 bits per heavy atom. The van der Waals surface area contributed by atoms with Gasteiger partial charge in [-0.2, -0.15) is 11.8 Å². The second-order valence-electron chi connectivity index (χ2n) is 7.03. The average Bonchev–Trinajstić information content (AvgIpc) is 3.12. The molecule has 6 heteroatoms. The van der Waals surface area contributed by atoms with Gasteiger partial charge in [-0.1, -0.05) is 27.7 Å². The van der Waals surface area contributed by atoms with Gasteiger partial charge >= 0.3 is 0 Å². The predicted octanol–water partition coefficient (Wildman–Crippen LogP) is 3.78. The third-order valence-electron chi connectivity index (χ3n) is 4.08. The van der Waals surface area contributed by atoms with Crippen LogP contribution >= 0.6 is 23.1 Å². The van der Waals surface area contributed by atoms with Crippen molar-refractivity contribution in [2.24, 2.45) is 4.99 Å². The summed E-state index contributed by atoms with van der Waals surface area (Å²) in [5.41, 5.74) is 1.28. The fourth-order valence-corrected chi connectivity index (χ4v) is 4.85. The predicted molar refractivity (Wildman–Crippen MR) is 104 cm³/mol. The molecule has 0 spiro atoms. The summed E-state index contributed by atoms with van der Waals surface area (Å²) < 4.78 is 0. The summed E-state index contributed by atoms with van der Waals surface area (Å²) in [4.78, 5) is 9.08. The van der Waals surface area contributed by atoms with E-state index in [9.17, 15) is 0 Å². The van der Waals surface area contributed by atoms with Crippen molar-refractivity contribution in [3.05, 3.63) is 16.1 Å². The molecule has 2 unspecified atom stereocenters. The summed E-state index contributed by atoms with van der Waals surface area (Å²) >= 11 is 3.80. The van der Waals surface area contributed by atoms with Crippen LogP contribution in [-0.4, -0.2) is 35.0 Å². The zero-order valence-corrected chi connectivity index (χ0v) is 16.6. The monoisotopic (exact) mass is 354 g/mol. The van der Waals surface area contributed by atoms with Crippen molar-refractivity contribution in [3.63, 3.8) is 0 Å². The molecule has 1 heterocycles. The number of guanidine groups is 1. The smallest absolute Gasteiger partial charge is 0.191 e. The Labute approximate surface area is 149 Å². The van der Waals surface area contributed by atoms with Crippen LogP contribution in [-0.2, 0) is 12.0 Å². The average molecular weight is 355 g/mol. The Balaban J connectivity index is 1.81. The largest absolute Gasteiger partial charge is 0.354 e. The van der Waals surface area contributed by atoms with Gasteiger partial charge in [0.25, 0.3) is 0 Å². The number of aromatic nitrogens is 1. The lowest BCUT2D eigenvalue weighted by molar-refractivity contribution is 0.570. The Morgan fingerprint density at radius 2 is 2.22 bits per heavy atom. The molecule has 0 bridgehead atoms. The minimum atomic E-state index is 0.116. The van der Waals surface area contributed by atoms with E-state index in [0.717, 1.165) is 28.5 Å². The summed E-state index contributed by atoms with van der Waals surface area (Å²) in [6.07, 6.45) is 3.79. The number of rotatable bonds is 5. The van der Waals surface area contributed by atoms with Crippen LogP contribution in [0.25, 0.3) is 0 Å². The second kappa shape index (κ2) is 8.38. The third-order valence-corrected chi connectivity index (χ3v) is 6.16. The van der Waals surface area contributed by atoms with Crippen molar-refractivity contribution in [1.82, 2.24) is 15.6 Å². The molecule has 0 aromatic carbocycles. The molecule has 130 valence electrons. The molecule has 2 atom stereocenters. The SMILES string of the molecule is CCSC1CCC(NC(=NC)NCc2nc(C(C)(C)C)cs2)C1. The summed E-state index contributed by atoms with van der Waals surface area (Å²) in [6.45, 7) is 9.58. The fourth-order valence-electron chi connectivity index (χ4n) is 2.74. The topological polar surface area (TPSA) is 49.3 Å². The quantitative estimate of drug-likeness (QED) is 0.624. The first-order valence-electron chi connectivity index (χ1n) is 8.46. The van der Waals surface area contributed by atoms with Crippen molar-refractivity contribution in [3.8, 4) is 0 Å². The second-order valence-corrected chi connectivity index (χ2v) is 9.55. The molecule has 1 aromatic rings. The summed E-state index contributed by atoms with van der Waals surface area (Å²) in [7, 11) is 1.84. The highest BCUT2D eigenvalue weighted by atomic mass is 32.2. The lowest BCUT2D eigenvalue weighted by Gasteiger charge is -2.17. The van der Waals surface area contributed by atoms with E-state index in [2.05, 4.69) is 60.5 Å². The maximum absolute atomic E-state index is 4.73. The van der Waals surface area contributed by atoms with Crippen LogP contribution in [0.15, 0.2) is 10.4 Å². The number of hydrogen-bond donors (Lipinski definition) is 2. The molecule has 1 fully saturated rings. The first kappa shape index (κ1) is 18.6. The number of thiazole rings is 1. The van der Waals surface area contributed by atoms with Gasteiger partial charge in [-0.05, 0) is 25.0 Å². The maximum atomic E-state index is 4.73. The van der Waals surface area contributed by atoms with Gasteiger partial charge in [-0.15, -0.1) is 11.3 Å². The van der Waals surface area contributed by atoms with Crippen molar-refractivity contribution in [2.45, 2.75) is 70.2 Å². The van der Waals surface area contributed by atoms with Gasteiger partial charge in [-0.3, -0.25) is 4.99 Å². The zero-order chi connectivity index (χ0) is 16.9. The highest BCUT2D eigenvalue weighted by molar-refractivity contribution is 7.99. The molecule has 2 rings (SSSR count). The van der Waals surface area contributed by atoms with E-state index in [1.54, 1.807) is 11.3 Å². The van der Waals surface area contributed by atoms with E-state index in [-0.39, 0.29) is 5.41 Å². The lowest BCUT2D eigenvalue weighted by atomic mass is 9.93. The molecule has 23 heavy (non-hydrogen) atoms. The first-order chi connectivity index (χ1) is 10.9. The van der Waals surface area contributed by atoms with Crippen LogP contribution in [0.3, 0.4) is 0 Å². The first-order valence-corrected chi connectivity index (χ1v) is 10.4. The number of nitrogens with one attached hydrogen (secondary N) is 2. The zero-order valence-electron chi connectivity index (χ0n) is 15.0. The van der Waals surface area contributed by atoms with Crippen LogP contribution in [0.2, 0.25) is 0 Å². The van der Waals surface area contributed by atoms with Gasteiger partial charge in [0.2, 0.25) is 0 Å². The highest BCUT2D eigenvalue weighted by Gasteiger charge is 2.25. The Morgan fingerprint density at radius 3 is 2.83 bits per heavy atom. The summed E-state index contributed by atoms with van der Waals surface area (Å²) in [6, 6.07) is 0.548. The molecular weight excluding hydrogens is 324 g/mol. The Kier molecular flexibility index (Phi) is 6.77. The number of thioether (sulfide) groups is 1. The van der Waals surface area contributed by atoms with E-state index >= 15 is 0 Å². The molecule has 4 nitrogen and oxygen atoms in total. The summed E-state index contributed by atoms with van der Waals surface area (Å²) in [5, 5.41) is 11.1. The molecule has 0 radical (unpaired) electrons. The highest BCUT2D eigenvalue weighted by Crippen LogP contribution is 2.29. The lowest BCUT2D eigenvalue weighted by Crippen LogP contribution is -2.42. The molecule has 2 N–H and O–H groups in total. The maximum Gasteiger partial charge on any atom is 0.191 e. The Bertz CT molecular complexity index is 519. The number of nitrogens with zero attached hydrogens (tertiary/aromatic N) is 2. The van der Waals surface area contributed by atoms with Crippen LogP contribution in [0.4, 0.5) is 0 Å². The van der Waals surface area contributed by atoms with Crippen LogP contribution in [0.5, 0.6) is 0 Å². The molecule has 1 aliphatic carbocycles. The van der Waals surface area contributed by atoms with Crippen molar-refractivity contribution >= 4 is 29.1 Å². The fraction of sp³-hybridized carbons (Fsp3) is 0.765.